The third kappa shape index (κ3) is 4.84. The van der Waals surface area contributed by atoms with Gasteiger partial charge in [0.25, 0.3) is 0 Å². The van der Waals surface area contributed by atoms with Gasteiger partial charge in [-0.15, -0.1) is 0 Å². The molecule has 0 amide bonds. The maximum atomic E-state index is 5.25. The quantitative estimate of drug-likeness (QED) is 0.731. The number of benzene rings is 1. The minimum Gasteiger partial charge on any atom is -0.383 e. The lowest BCUT2D eigenvalue weighted by Gasteiger charge is -2.29. The molecule has 1 N–H and O–H groups in total. The lowest BCUT2D eigenvalue weighted by molar-refractivity contribution is 0.183. The fraction of sp³-hybridized carbons (Fsp3) is 0.625. The number of anilines is 1. The van der Waals surface area contributed by atoms with Crippen molar-refractivity contribution in [3.63, 3.8) is 0 Å². The van der Waals surface area contributed by atoms with E-state index in [2.05, 4.69) is 56.2 Å². The highest BCUT2D eigenvalue weighted by atomic mass is 16.5. The van der Waals surface area contributed by atoms with Crippen LogP contribution in [-0.2, 0) is 11.3 Å². The Balaban J connectivity index is 2.85. The van der Waals surface area contributed by atoms with E-state index in [1.165, 1.54) is 16.8 Å². The van der Waals surface area contributed by atoms with Gasteiger partial charge in [0.15, 0.2) is 0 Å². The molecule has 1 aromatic rings. The van der Waals surface area contributed by atoms with Crippen LogP contribution in [-0.4, -0.2) is 33.4 Å². The Labute approximate surface area is 118 Å². The largest absolute Gasteiger partial charge is 0.383 e. The maximum absolute atomic E-state index is 5.25. The van der Waals surface area contributed by atoms with E-state index in [1.807, 2.05) is 0 Å². The Kier molecular flexibility index (Phi) is 6.89. The van der Waals surface area contributed by atoms with Crippen LogP contribution >= 0.6 is 0 Å². The molecule has 0 aromatic heterocycles. The summed E-state index contributed by atoms with van der Waals surface area (Å²) in [5.41, 5.74) is 3.96. The monoisotopic (exact) mass is 264 g/mol. The fourth-order valence-electron chi connectivity index (χ4n) is 2.19. The van der Waals surface area contributed by atoms with E-state index >= 15 is 0 Å². The summed E-state index contributed by atoms with van der Waals surface area (Å²) >= 11 is 0. The summed E-state index contributed by atoms with van der Waals surface area (Å²) in [5, 5.41) is 3.49. The van der Waals surface area contributed by atoms with Gasteiger partial charge in [0.2, 0.25) is 0 Å². The molecule has 0 radical (unpaired) electrons. The highest BCUT2D eigenvalue weighted by molar-refractivity contribution is 5.55. The van der Waals surface area contributed by atoms with E-state index in [-0.39, 0.29) is 0 Å². The second-order valence-electron chi connectivity index (χ2n) is 5.22. The van der Waals surface area contributed by atoms with Crippen molar-refractivity contribution in [2.45, 2.75) is 39.8 Å². The van der Waals surface area contributed by atoms with Gasteiger partial charge in [0, 0.05) is 32.4 Å². The lowest BCUT2D eigenvalue weighted by Crippen LogP contribution is -2.33. The predicted molar refractivity (Wildman–Crippen MR) is 82.9 cm³/mol. The summed E-state index contributed by atoms with van der Waals surface area (Å²) in [4.78, 5) is 2.30. The van der Waals surface area contributed by atoms with E-state index in [1.54, 1.807) is 7.11 Å². The van der Waals surface area contributed by atoms with E-state index < -0.39 is 0 Å². The molecule has 0 aliphatic carbocycles. The summed E-state index contributed by atoms with van der Waals surface area (Å²) in [6, 6.07) is 7.03. The summed E-state index contributed by atoms with van der Waals surface area (Å²) in [5.74, 6) is 0. The van der Waals surface area contributed by atoms with Crippen molar-refractivity contribution < 1.29 is 4.74 Å². The van der Waals surface area contributed by atoms with Crippen molar-refractivity contribution in [3.8, 4) is 0 Å². The van der Waals surface area contributed by atoms with Gasteiger partial charge in [0.05, 0.1) is 6.61 Å². The molecule has 3 nitrogen and oxygen atoms in total. The second-order valence-corrected chi connectivity index (χ2v) is 5.22. The number of likely N-dealkylation sites (N-methyl/N-ethyl adjacent to an activating group) is 1. The molecule has 108 valence electrons. The van der Waals surface area contributed by atoms with Crippen molar-refractivity contribution in [1.29, 1.82) is 0 Å². The Morgan fingerprint density at radius 1 is 1.37 bits per heavy atom. The summed E-state index contributed by atoms with van der Waals surface area (Å²) < 4.78 is 5.25. The van der Waals surface area contributed by atoms with Crippen LogP contribution in [0.25, 0.3) is 0 Å². The van der Waals surface area contributed by atoms with Crippen molar-refractivity contribution in [2.75, 3.05) is 32.2 Å². The van der Waals surface area contributed by atoms with E-state index in [4.69, 9.17) is 4.74 Å². The fourth-order valence-corrected chi connectivity index (χ4v) is 2.19. The smallest absolute Gasteiger partial charge is 0.0663 e. The highest BCUT2D eigenvalue weighted by Crippen LogP contribution is 2.22. The van der Waals surface area contributed by atoms with Gasteiger partial charge in [-0.1, -0.05) is 24.6 Å². The zero-order valence-corrected chi connectivity index (χ0v) is 13.0. The van der Waals surface area contributed by atoms with Crippen LogP contribution < -0.4 is 10.2 Å². The minimum atomic E-state index is 0.373. The topological polar surface area (TPSA) is 24.5 Å². The number of hydrogen-bond acceptors (Lipinski definition) is 3. The molecule has 0 aliphatic rings. The number of ether oxygens (including phenoxy) is 1. The number of methoxy groups -OCH3 is 1. The molecule has 0 heterocycles. The SMILES string of the molecule is CCCNCc1cc(C)ccc1N(C)C(C)COC. The molecule has 0 fully saturated rings. The predicted octanol–water partition coefficient (Wildman–Crippen LogP) is 2.97. The average molecular weight is 264 g/mol. The standard InChI is InChI=1S/C16H28N2O/c1-6-9-17-11-15-10-13(2)7-8-16(15)18(4)14(3)12-19-5/h7-8,10,14,17H,6,9,11-12H2,1-5H3. The van der Waals surface area contributed by atoms with Gasteiger partial charge in [0.1, 0.15) is 0 Å². The average Bonchev–Trinajstić information content (AvgIpc) is 2.39. The molecular weight excluding hydrogens is 236 g/mol. The number of rotatable bonds is 8. The van der Waals surface area contributed by atoms with Crippen LogP contribution in [0.15, 0.2) is 18.2 Å². The molecule has 19 heavy (non-hydrogen) atoms. The first kappa shape index (κ1) is 16.0. The zero-order valence-electron chi connectivity index (χ0n) is 13.0. The van der Waals surface area contributed by atoms with Gasteiger partial charge in [-0.3, -0.25) is 0 Å². The van der Waals surface area contributed by atoms with E-state index in [0.717, 1.165) is 26.1 Å². The van der Waals surface area contributed by atoms with E-state index in [9.17, 15) is 0 Å². The minimum absolute atomic E-state index is 0.373. The molecule has 1 unspecified atom stereocenters. The molecule has 0 bridgehead atoms. The number of hydrogen-bond donors (Lipinski definition) is 1. The third-order valence-electron chi connectivity index (χ3n) is 3.43. The first-order valence-corrected chi connectivity index (χ1v) is 7.12. The van der Waals surface area contributed by atoms with Crippen molar-refractivity contribution in [1.82, 2.24) is 5.32 Å². The number of nitrogens with one attached hydrogen (secondary N) is 1. The molecule has 0 aliphatic heterocycles. The highest BCUT2D eigenvalue weighted by Gasteiger charge is 2.13. The van der Waals surface area contributed by atoms with Crippen molar-refractivity contribution in [3.05, 3.63) is 29.3 Å². The van der Waals surface area contributed by atoms with Crippen LogP contribution in [0.1, 0.15) is 31.4 Å². The lowest BCUT2D eigenvalue weighted by atomic mass is 10.1. The summed E-state index contributed by atoms with van der Waals surface area (Å²) in [6.45, 7) is 9.25. The van der Waals surface area contributed by atoms with Crippen LogP contribution in [0.3, 0.4) is 0 Å². The molecule has 0 saturated carbocycles. The number of nitrogens with zero attached hydrogens (tertiary/aromatic N) is 1. The molecule has 3 heteroatoms. The normalized spacial score (nSPS) is 12.5. The van der Waals surface area contributed by atoms with Crippen LogP contribution in [0.4, 0.5) is 5.69 Å². The first-order valence-electron chi connectivity index (χ1n) is 7.12. The second kappa shape index (κ2) is 8.18. The maximum Gasteiger partial charge on any atom is 0.0663 e. The van der Waals surface area contributed by atoms with Gasteiger partial charge >= 0.3 is 0 Å². The van der Waals surface area contributed by atoms with Crippen LogP contribution in [0.2, 0.25) is 0 Å². The Bertz CT molecular complexity index is 379. The molecule has 0 spiro atoms. The zero-order chi connectivity index (χ0) is 14.3. The molecule has 1 rings (SSSR count). The van der Waals surface area contributed by atoms with Gasteiger partial charge in [-0.05, 0) is 38.4 Å². The van der Waals surface area contributed by atoms with Crippen LogP contribution in [0, 0.1) is 6.92 Å². The summed E-state index contributed by atoms with van der Waals surface area (Å²) in [7, 11) is 3.89. The van der Waals surface area contributed by atoms with Gasteiger partial charge in [-0.25, -0.2) is 0 Å². The molecule has 1 atom stereocenters. The molecule has 1 aromatic carbocycles. The molecular formula is C16H28N2O. The Morgan fingerprint density at radius 3 is 2.74 bits per heavy atom. The van der Waals surface area contributed by atoms with Gasteiger partial charge < -0.3 is 15.0 Å². The Hall–Kier alpha value is -1.06. The Morgan fingerprint density at radius 2 is 2.11 bits per heavy atom. The number of aryl methyl sites for hydroxylation is 1. The van der Waals surface area contributed by atoms with Gasteiger partial charge in [-0.2, -0.15) is 0 Å². The van der Waals surface area contributed by atoms with Crippen molar-refractivity contribution in [2.24, 2.45) is 0 Å². The third-order valence-corrected chi connectivity index (χ3v) is 3.43. The van der Waals surface area contributed by atoms with Crippen molar-refractivity contribution >= 4 is 5.69 Å². The first-order chi connectivity index (χ1) is 9.10. The molecule has 0 saturated heterocycles. The van der Waals surface area contributed by atoms with E-state index in [0.29, 0.717) is 6.04 Å². The summed E-state index contributed by atoms with van der Waals surface area (Å²) in [6.07, 6.45) is 1.16. The van der Waals surface area contributed by atoms with Crippen LogP contribution in [0.5, 0.6) is 0 Å².